The molecule has 4 rings (SSSR count). The van der Waals surface area contributed by atoms with Crippen LogP contribution in [-0.2, 0) is 9.59 Å². The molecule has 1 fully saturated rings. The second kappa shape index (κ2) is 6.72. The number of rotatable bonds is 5. The molecule has 0 bridgehead atoms. The quantitative estimate of drug-likeness (QED) is 0.874. The fourth-order valence-electron chi connectivity index (χ4n) is 3.00. The molecule has 25 heavy (non-hydrogen) atoms. The minimum absolute atomic E-state index is 0.0114. The van der Waals surface area contributed by atoms with Gasteiger partial charge in [-0.25, -0.2) is 5.01 Å². The molecule has 2 aromatic rings. The van der Waals surface area contributed by atoms with E-state index in [1.165, 1.54) is 5.56 Å². The van der Waals surface area contributed by atoms with Crippen LogP contribution in [-0.4, -0.2) is 29.1 Å². The van der Waals surface area contributed by atoms with Crippen LogP contribution in [0.3, 0.4) is 0 Å². The van der Waals surface area contributed by atoms with Crippen LogP contribution in [0, 0.1) is 12.8 Å². The Morgan fingerprint density at radius 2 is 2.12 bits per heavy atom. The number of nitrogens with one attached hydrogen (secondary N) is 1. The Balaban J connectivity index is 1.54. The molecule has 1 aliphatic heterocycles. The summed E-state index contributed by atoms with van der Waals surface area (Å²) in [5.74, 6) is -0.0656. The molecule has 2 aromatic heterocycles. The number of thiophene rings is 2. The SMILES string of the molecule is Cc1ccsc1[C@H]1CC(c2cccs2)=NN1C(=O)CNC(=O)C1CC1. The van der Waals surface area contributed by atoms with Gasteiger partial charge in [-0.05, 0) is 48.2 Å². The Morgan fingerprint density at radius 1 is 1.28 bits per heavy atom. The molecule has 1 saturated carbocycles. The Bertz CT molecular complexity index is 821. The number of hydrazone groups is 1. The van der Waals surface area contributed by atoms with Gasteiger partial charge in [-0.2, -0.15) is 5.10 Å². The van der Waals surface area contributed by atoms with Gasteiger partial charge < -0.3 is 5.32 Å². The lowest BCUT2D eigenvalue weighted by atomic mass is 10.1. The molecule has 2 aliphatic rings. The average Bonchev–Trinajstić information content (AvgIpc) is 3.01. The smallest absolute Gasteiger partial charge is 0.262 e. The van der Waals surface area contributed by atoms with Gasteiger partial charge in [0, 0.05) is 17.2 Å². The standard InChI is InChI=1S/C18H19N3O2S2/c1-11-6-8-25-17(11)14-9-13(15-3-2-7-24-15)20-21(14)16(22)10-19-18(23)12-4-5-12/h2-3,6-8,12,14H,4-5,9-10H2,1H3,(H,19,23)/t14-/m1/s1. The van der Waals surface area contributed by atoms with E-state index in [0.29, 0.717) is 6.42 Å². The van der Waals surface area contributed by atoms with Crippen molar-refractivity contribution in [2.24, 2.45) is 11.0 Å². The number of nitrogens with zero attached hydrogens (tertiary/aromatic N) is 2. The molecule has 0 aromatic carbocycles. The number of hydrogen-bond acceptors (Lipinski definition) is 5. The summed E-state index contributed by atoms with van der Waals surface area (Å²) < 4.78 is 0. The fraction of sp³-hybridized carbons (Fsp3) is 0.389. The van der Waals surface area contributed by atoms with Crippen molar-refractivity contribution < 1.29 is 9.59 Å². The molecule has 0 spiro atoms. The lowest BCUT2D eigenvalue weighted by molar-refractivity contribution is -0.134. The van der Waals surface area contributed by atoms with Crippen LogP contribution in [0.15, 0.2) is 34.1 Å². The first-order valence-corrected chi connectivity index (χ1v) is 10.1. The molecular formula is C18H19N3O2S2. The average molecular weight is 374 g/mol. The maximum absolute atomic E-state index is 12.7. The van der Waals surface area contributed by atoms with E-state index in [-0.39, 0.29) is 30.3 Å². The molecule has 0 radical (unpaired) electrons. The van der Waals surface area contributed by atoms with E-state index in [4.69, 9.17) is 0 Å². The van der Waals surface area contributed by atoms with Gasteiger partial charge in [0.05, 0.1) is 23.2 Å². The van der Waals surface area contributed by atoms with Gasteiger partial charge in [-0.3, -0.25) is 9.59 Å². The van der Waals surface area contributed by atoms with Crippen molar-refractivity contribution in [3.63, 3.8) is 0 Å². The van der Waals surface area contributed by atoms with E-state index in [1.807, 2.05) is 22.9 Å². The molecule has 5 nitrogen and oxygen atoms in total. The predicted molar refractivity (Wildman–Crippen MR) is 99.8 cm³/mol. The maximum Gasteiger partial charge on any atom is 0.262 e. The molecule has 7 heteroatoms. The van der Waals surface area contributed by atoms with Crippen molar-refractivity contribution in [1.29, 1.82) is 0 Å². The third-order valence-corrected chi connectivity index (χ3v) is 6.58. The molecule has 0 unspecified atom stereocenters. The monoisotopic (exact) mass is 373 g/mol. The van der Waals surface area contributed by atoms with Crippen LogP contribution in [0.2, 0.25) is 0 Å². The van der Waals surface area contributed by atoms with Gasteiger partial charge in [0.25, 0.3) is 5.91 Å². The summed E-state index contributed by atoms with van der Waals surface area (Å²) in [6.45, 7) is 2.07. The van der Waals surface area contributed by atoms with Crippen LogP contribution < -0.4 is 5.32 Å². The Morgan fingerprint density at radius 3 is 2.76 bits per heavy atom. The summed E-state index contributed by atoms with van der Waals surface area (Å²) in [6.07, 6.45) is 2.58. The summed E-state index contributed by atoms with van der Waals surface area (Å²) in [7, 11) is 0. The maximum atomic E-state index is 12.7. The summed E-state index contributed by atoms with van der Waals surface area (Å²) in [5, 5.41) is 13.0. The first-order chi connectivity index (χ1) is 12.1. The highest BCUT2D eigenvalue weighted by atomic mass is 32.1. The van der Waals surface area contributed by atoms with Crippen LogP contribution in [0.5, 0.6) is 0 Å². The van der Waals surface area contributed by atoms with Gasteiger partial charge >= 0.3 is 0 Å². The van der Waals surface area contributed by atoms with E-state index >= 15 is 0 Å². The first-order valence-electron chi connectivity index (χ1n) is 8.38. The Labute approximate surface area is 154 Å². The minimum atomic E-state index is -0.154. The van der Waals surface area contributed by atoms with E-state index < -0.39 is 0 Å². The fourth-order valence-corrected chi connectivity index (χ4v) is 4.73. The molecule has 1 N–H and O–H groups in total. The molecule has 1 aliphatic carbocycles. The summed E-state index contributed by atoms with van der Waals surface area (Å²) in [6, 6.07) is 6.02. The van der Waals surface area contributed by atoms with Crippen LogP contribution >= 0.6 is 22.7 Å². The first kappa shape index (κ1) is 16.5. The van der Waals surface area contributed by atoms with Gasteiger partial charge in [0.15, 0.2) is 0 Å². The van der Waals surface area contributed by atoms with Gasteiger partial charge in [-0.1, -0.05) is 6.07 Å². The van der Waals surface area contributed by atoms with Crippen LogP contribution in [0.4, 0.5) is 0 Å². The summed E-state index contributed by atoms with van der Waals surface area (Å²) in [5.41, 5.74) is 2.12. The molecular weight excluding hydrogens is 354 g/mol. The number of aryl methyl sites for hydroxylation is 1. The zero-order valence-corrected chi connectivity index (χ0v) is 15.5. The van der Waals surface area contributed by atoms with Crippen molar-refractivity contribution in [2.45, 2.75) is 32.2 Å². The van der Waals surface area contributed by atoms with Gasteiger partial charge in [0.2, 0.25) is 5.91 Å². The largest absolute Gasteiger partial charge is 0.347 e. The van der Waals surface area contributed by atoms with Crippen molar-refractivity contribution in [3.8, 4) is 0 Å². The van der Waals surface area contributed by atoms with Crippen molar-refractivity contribution in [1.82, 2.24) is 10.3 Å². The number of hydrogen-bond donors (Lipinski definition) is 1. The minimum Gasteiger partial charge on any atom is -0.347 e. The zero-order chi connectivity index (χ0) is 17.4. The number of amides is 2. The normalized spacial score (nSPS) is 19.8. The van der Waals surface area contributed by atoms with Gasteiger partial charge in [0.1, 0.15) is 0 Å². The third-order valence-electron chi connectivity index (χ3n) is 4.54. The Kier molecular flexibility index (Phi) is 4.43. The zero-order valence-electron chi connectivity index (χ0n) is 13.9. The second-order valence-corrected chi connectivity index (χ2v) is 8.34. The topological polar surface area (TPSA) is 61.8 Å². The molecule has 130 valence electrons. The molecule has 3 heterocycles. The highest BCUT2D eigenvalue weighted by Crippen LogP contribution is 2.37. The number of carbonyl (C=O) groups excluding carboxylic acids is 2. The number of carbonyl (C=O) groups is 2. The van der Waals surface area contributed by atoms with Crippen molar-refractivity contribution in [2.75, 3.05) is 6.54 Å². The van der Waals surface area contributed by atoms with Gasteiger partial charge in [-0.15, -0.1) is 22.7 Å². The van der Waals surface area contributed by atoms with Crippen molar-refractivity contribution >= 4 is 40.2 Å². The van der Waals surface area contributed by atoms with E-state index in [9.17, 15) is 9.59 Å². The van der Waals surface area contributed by atoms with E-state index in [0.717, 1.165) is 28.3 Å². The summed E-state index contributed by atoms with van der Waals surface area (Å²) in [4.78, 5) is 26.8. The highest BCUT2D eigenvalue weighted by molar-refractivity contribution is 7.12. The molecule has 2 amide bonds. The van der Waals surface area contributed by atoms with E-state index in [1.54, 1.807) is 27.7 Å². The highest BCUT2D eigenvalue weighted by Gasteiger charge is 2.36. The molecule has 1 atom stereocenters. The molecule has 0 saturated heterocycles. The third kappa shape index (κ3) is 3.39. The summed E-state index contributed by atoms with van der Waals surface area (Å²) >= 11 is 3.29. The lowest BCUT2D eigenvalue weighted by Crippen LogP contribution is -2.38. The predicted octanol–water partition coefficient (Wildman–Crippen LogP) is 3.32. The van der Waals surface area contributed by atoms with Crippen LogP contribution in [0.1, 0.15) is 40.6 Å². The van der Waals surface area contributed by atoms with Crippen LogP contribution in [0.25, 0.3) is 0 Å². The Hall–Kier alpha value is -1.99. The second-order valence-electron chi connectivity index (χ2n) is 6.44. The van der Waals surface area contributed by atoms with E-state index in [2.05, 4.69) is 23.4 Å². The lowest BCUT2D eigenvalue weighted by Gasteiger charge is -2.21. The van der Waals surface area contributed by atoms with Crippen molar-refractivity contribution in [3.05, 3.63) is 44.3 Å².